The largest absolute Gasteiger partial charge is 0.329 e. The average Bonchev–Trinajstić information content (AvgIpc) is 2.66. The van der Waals surface area contributed by atoms with E-state index < -0.39 is 6.04 Å². The van der Waals surface area contributed by atoms with Crippen molar-refractivity contribution in [3.8, 4) is 0 Å². The van der Waals surface area contributed by atoms with Gasteiger partial charge >= 0.3 is 5.69 Å². The zero-order valence-electron chi connectivity index (χ0n) is 13.7. The number of nitrogens with one attached hydrogen (secondary N) is 2. The molecule has 0 bridgehead atoms. The fraction of sp³-hybridized carbons (Fsp3) is 0.200. The third-order valence-electron chi connectivity index (χ3n) is 4.66. The lowest BCUT2D eigenvalue weighted by molar-refractivity contribution is 0.554. The normalized spacial score (nSPS) is 13.6. The summed E-state index contributed by atoms with van der Waals surface area (Å²) >= 11 is 0. The summed E-state index contributed by atoms with van der Waals surface area (Å²) in [7, 11) is 0. The summed E-state index contributed by atoms with van der Waals surface area (Å²) in [6.45, 7) is 1.26. The third kappa shape index (κ3) is 2.83. The van der Waals surface area contributed by atoms with Crippen molar-refractivity contribution >= 4 is 0 Å². The van der Waals surface area contributed by atoms with Gasteiger partial charge < -0.3 is 10.3 Å². The van der Waals surface area contributed by atoms with Gasteiger partial charge in [0, 0.05) is 25.2 Å². The van der Waals surface area contributed by atoms with Gasteiger partial charge in [0.15, 0.2) is 0 Å². The van der Waals surface area contributed by atoms with Gasteiger partial charge in [0.2, 0.25) is 0 Å². The van der Waals surface area contributed by atoms with Gasteiger partial charge in [-0.25, -0.2) is 9.36 Å². The maximum Gasteiger partial charge on any atom is 0.329 e. The molecule has 1 aliphatic heterocycles. The Labute approximate surface area is 145 Å². The monoisotopic (exact) mass is 333 g/mol. The zero-order chi connectivity index (χ0) is 17.2. The van der Waals surface area contributed by atoms with E-state index in [1.807, 2.05) is 60.7 Å². The Morgan fingerprint density at radius 1 is 0.880 bits per heavy atom. The number of fused-ring (bicyclic) bond motifs is 1. The molecule has 3 aromatic rings. The summed E-state index contributed by atoms with van der Waals surface area (Å²) in [6.07, 6.45) is 0.669. The molecule has 2 N–H and O–H groups in total. The Morgan fingerprint density at radius 3 is 2.08 bits per heavy atom. The summed E-state index contributed by atoms with van der Waals surface area (Å²) in [5.41, 5.74) is 2.65. The Morgan fingerprint density at radius 2 is 1.48 bits per heavy atom. The molecule has 4 rings (SSSR count). The lowest BCUT2D eigenvalue weighted by Crippen LogP contribution is -2.44. The van der Waals surface area contributed by atoms with Gasteiger partial charge in [-0.1, -0.05) is 60.7 Å². The topological polar surface area (TPSA) is 66.9 Å². The van der Waals surface area contributed by atoms with Crippen molar-refractivity contribution in [1.82, 2.24) is 14.9 Å². The van der Waals surface area contributed by atoms with Crippen molar-refractivity contribution in [2.24, 2.45) is 0 Å². The first-order valence-electron chi connectivity index (χ1n) is 8.43. The van der Waals surface area contributed by atoms with Crippen molar-refractivity contribution in [2.75, 3.05) is 6.54 Å². The minimum atomic E-state index is -0.453. The number of hydrogen-bond acceptors (Lipinski definition) is 3. The molecular weight excluding hydrogens is 314 g/mol. The quantitative estimate of drug-likeness (QED) is 0.768. The Kier molecular flexibility index (Phi) is 4.07. The molecule has 2 heterocycles. The fourth-order valence-corrected chi connectivity index (χ4v) is 3.45. The van der Waals surface area contributed by atoms with Gasteiger partial charge in [-0.05, 0) is 11.1 Å². The van der Waals surface area contributed by atoms with E-state index in [4.69, 9.17) is 0 Å². The first-order valence-corrected chi connectivity index (χ1v) is 8.43. The number of aromatic amines is 1. The van der Waals surface area contributed by atoms with E-state index in [1.54, 1.807) is 0 Å². The highest BCUT2D eigenvalue weighted by Gasteiger charge is 2.24. The van der Waals surface area contributed by atoms with Gasteiger partial charge in [-0.2, -0.15) is 0 Å². The van der Waals surface area contributed by atoms with E-state index in [0.717, 1.165) is 23.4 Å². The number of aromatic nitrogens is 2. The van der Waals surface area contributed by atoms with E-state index in [0.29, 0.717) is 18.5 Å². The first-order chi connectivity index (χ1) is 12.3. The molecule has 0 radical (unpaired) electrons. The Bertz CT molecular complexity index is 951. The molecule has 0 saturated carbocycles. The SMILES string of the molecule is O=c1[nH]c2c(c(=O)n1C(c1ccccc1)c1ccccc1)CNCC2. The van der Waals surface area contributed by atoms with Crippen molar-refractivity contribution in [2.45, 2.75) is 19.0 Å². The van der Waals surface area contributed by atoms with Crippen LogP contribution in [0, 0.1) is 0 Å². The summed E-state index contributed by atoms with van der Waals surface area (Å²) in [6, 6.07) is 18.9. The van der Waals surface area contributed by atoms with Crippen LogP contribution in [-0.2, 0) is 13.0 Å². The third-order valence-corrected chi connectivity index (χ3v) is 4.66. The fourth-order valence-electron chi connectivity index (χ4n) is 3.45. The molecule has 0 aliphatic carbocycles. The van der Waals surface area contributed by atoms with E-state index in [2.05, 4.69) is 10.3 Å². The standard InChI is InChI=1S/C20H19N3O2/c24-19-16-13-21-12-11-17(16)22-20(25)23(19)18(14-7-3-1-4-8-14)15-9-5-2-6-10-15/h1-10,18,21H,11-13H2,(H,22,25). The molecule has 5 heteroatoms. The minimum absolute atomic E-state index is 0.219. The van der Waals surface area contributed by atoms with Gasteiger partial charge in [-0.15, -0.1) is 0 Å². The molecule has 5 nitrogen and oxygen atoms in total. The molecule has 0 spiro atoms. The van der Waals surface area contributed by atoms with Crippen molar-refractivity contribution in [3.63, 3.8) is 0 Å². The van der Waals surface area contributed by atoms with Crippen LogP contribution in [-0.4, -0.2) is 16.1 Å². The lowest BCUT2D eigenvalue weighted by atomic mass is 9.98. The van der Waals surface area contributed by atoms with Crippen molar-refractivity contribution < 1.29 is 0 Å². The zero-order valence-corrected chi connectivity index (χ0v) is 13.7. The second-order valence-electron chi connectivity index (χ2n) is 6.21. The summed E-state index contributed by atoms with van der Waals surface area (Å²) in [4.78, 5) is 28.8. The van der Waals surface area contributed by atoms with E-state index >= 15 is 0 Å². The Hall–Kier alpha value is -2.92. The predicted molar refractivity (Wildman–Crippen MR) is 96.9 cm³/mol. The molecule has 126 valence electrons. The van der Waals surface area contributed by atoms with Crippen LogP contribution in [0.15, 0.2) is 70.3 Å². The molecule has 2 aromatic carbocycles. The van der Waals surface area contributed by atoms with Gasteiger partial charge in [-0.3, -0.25) is 4.79 Å². The van der Waals surface area contributed by atoms with Crippen LogP contribution in [0.2, 0.25) is 0 Å². The van der Waals surface area contributed by atoms with Crippen molar-refractivity contribution in [3.05, 3.63) is 104 Å². The van der Waals surface area contributed by atoms with E-state index in [1.165, 1.54) is 4.57 Å². The van der Waals surface area contributed by atoms with Crippen LogP contribution in [0.4, 0.5) is 0 Å². The molecular formula is C20H19N3O2. The first kappa shape index (κ1) is 15.6. The van der Waals surface area contributed by atoms with Crippen LogP contribution in [0.25, 0.3) is 0 Å². The van der Waals surface area contributed by atoms with Gasteiger partial charge in [0.05, 0.1) is 11.6 Å². The van der Waals surface area contributed by atoms with Crippen LogP contribution < -0.4 is 16.6 Å². The number of H-pyrrole nitrogens is 1. The summed E-state index contributed by atoms with van der Waals surface area (Å²) < 4.78 is 1.34. The predicted octanol–water partition coefficient (Wildman–Crippen LogP) is 1.82. The summed E-state index contributed by atoms with van der Waals surface area (Å²) in [5, 5.41) is 3.21. The molecule has 0 unspecified atom stereocenters. The Balaban J connectivity index is 1.98. The average molecular weight is 333 g/mol. The van der Waals surface area contributed by atoms with Gasteiger partial charge in [0.1, 0.15) is 0 Å². The smallest absolute Gasteiger partial charge is 0.312 e. The van der Waals surface area contributed by atoms with Crippen LogP contribution in [0.1, 0.15) is 28.4 Å². The van der Waals surface area contributed by atoms with E-state index in [9.17, 15) is 9.59 Å². The number of benzene rings is 2. The van der Waals surface area contributed by atoms with Crippen molar-refractivity contribution in [1.29, 1.82) is 0 Å². The molecule has 0 fully saturated rings. The molecule has 25 heavy (non-hydrogen) atoms. The number of hydrogen-bond donors (Lipinski definition) is 2. The van der Waals surface area contributed by atoms with Gasteiger partial charge in [0.25, 0.3) is 5.56 Å². The molecule has 0 atom stereocenters. The minimum Gasteiger partial charge on any atom is -0.312 e. The summed E-state index contributed by atoms with van der Waals surface area (Å²) in [5.74, 6) is 0. The lowest BCUT2D eigenvalue weighted by Gasteiger charge is -2.23. The maximum absolute atomic E-state index is 13.1. The van der Waals surface area contributed by atoms with E-state index in [-0.39, 0.29) is 11.2 Å². The molecule has 1 aliphatic rings. The van der Waals surface area contributed by atoms with Crippen LogP contribution in [0.5, 0.6) is 0 Å². The van der Waals surface area contributed by atoms with Crippen LogP contribution >= 0.6 is 0 Å². The highest BCUT2D eigenvalue weighted by molar-refractivity contribution is 5.33. The second kappa shape index (κ2) is 6.53. The maximum atomic E-state index is 13.1. The van der Waals surface area contributed by atoms with Crippen LogP contribution in [0.3, 0.4) is 0 Å². The number of nitrogens with zero attached hydrogens (tertiary/aromatic N) is 1. The number of rotatable bonds is 3. The molecule has 1 aromatic heterocycles. The highest BCUT2D eigenvalue weighted by Crippen LogP contribution is 2.24. The molecule has 0 amide bonds. The second-order valence-corrected chi connectivity index (χ2v) is 6.21. The highest BCUT2D eigenvalue weighted by atomic mass is 16.2. The molecule has 0 saturated heterocycles.